The number of likely N-dealkylation sites (tertiary alicyclic amines) is 1. The number of hydrogen-bond donors (Lipinski definition) is 1. The van der Waals surface area contributed by atoms with Gasteiger partial charge in [-0.15, -0.1) is 0 Å². The van der Waals surface area contributed by atoms with Crippen LogP contribution < -0.4 is 5.73 Å². The average Bonchev–Trinajstić information content (AvgIpc) is 2.84. The van der Waals surface area contributed by atoms with Crippen molar-refractivity contribution < 1.29 is 4.74 Å². The minimum atomic E-state index is 0.273. The summed E-state index contributed by atoms with van der Waals surface area (Å²) in [7, 11) is 0. The van der Waals surface area contributed by atoms with Gasteiger partial charge in [0.2, 0.25) is 0 Å². The molecule has 2 heterocycles. The summed E-state index contributed by atoms with van der Waals surface area (Å²) in [6.45, 7) is 5.54. The van der Waals surface area contributed by atoms with Gasteiger partial charge in [0, 0.05) is 19.1 Å². The van der Waals surface area contributed by atoms with Crippen LogP contribution in [0.4, 0.5) is 0 Å². The monoisotopic (exact) mass is 280 g/mol. The highest BCUT2D eigenvalue weighted by Crippen LogP contribution is 2.42. The van der Waals surface area contributed by atoms with Crippen LogP contribution in [0.2, 0.25) is 0 Å². The van der Waals surface area contributed by atoms with Gasteiger partial charge in [0.25, 0.3) is 0 Å². The van der Waals surface area contributed by atoms with Crippen LogP contribution in [0.25, 0.3) is 0 Å². The van der Waals surface area contributed by atoms with Gasteiger partial charge in [0.05, 0.1) is 11.7 Å². The zero-order valence-corrected chi connectivity index (χ0v) is 13.2. The molecular formula is C17H32N2O. The molecule has 0 aromatic heterocycles. The molecular weight excluding hydrogens is 248 g/mol. The van der Waals surface area contributed by atoms with E-state index in [9.17, 15) is 0 Å². The Morgan fingerprint density at radius 1 is 1.10 bits per heavy atom. The van der Waals surface area contributed by atoms with Crippen LogP contribution in [0.3, 0.4) is 0 Å². The van der Waals surface area contributed by atoms with Crippen molar-refractivity contribution in [1.82, 2.24) is 4.90 Å². The fourth-order valence-corrected chi connectivity index (χ4v) is 4.56. The fourth-order valence-electron chi connectivity index (χ4n) is 4.56. The summed E-state index contributed by atoms with van der Waals surface area (Å²) >= 11 is 0. The molecule has 3 heteroatoms. The molecule has 2 N–H and O–H groups in total. The largest absolute Gasteiger partial charge is 0.370 e. The van der Waals surface area contributed by atoms with Crippen LogP contribution in [-0.4, -0.2) is 42.3 Å². The lowest BCUT2D eigenvalue weighted by Gasteiger charge is -2.39. The summed E-state index contributed by atoms with van der Waals surface area (Å²) in [5.41, 5.74) is 6.15. The maximum Gasteiger partial charge on any atom is 0.0710 e. The first-order valence-electron chi connectivity index (χ1n) is 8.83. The van der Waals surface area contributed by atoms with E-state index in [0.29, 0.717) is 18.1 Å². The van der Waals surface area contributed by atoms with E-state index in [1.807, 2.05) is 0 Å². The van der Waals surface area contributed by atoms with Crippen molar-refractivity contribution in [3.05, 3.63) is 0 Å². The van der Waals surface area contributed by atoms with Crippen LogP contribution in [0.1, 0.15) is 64.7 Å². The molecule has 0 radical (unpaired) electrons. The maximum atomic E-state index is 6.54. The highest BCUT2D eigenvalue weighted by molar-refractivity contribution is 4.93. The molecule has 2 aliphatic heterocycles. The molecule has 20 heavy (non-hydrogen) atoms. The molecule has 116 valence electrons. The third-order valence-corrected chi connectivity index (χ3v) is 5.98. The predicted octanol–water partition coefficient (Wildman–Crippen LogP) is 2.93. The van der Waals surface area contributed by atoms with Crippen molar-refractivity contribution in [2.75, 3.05) is 19.6 Å². The number of hydrogen-bond acceptors (Lipinski definition) is 3. The van der Waals surface area contributed by atoms with Crippen LogP contribution in [-0.2, 0) is 4.74 Å². The van der Waals surface area contributed by atoms with Crippen molar-refractivity contribution >= 4 is 0 Å². The molecule has 0 aromatic rings. The molecule has 0 bridgehead atoms. The lowest BCUT2D eigenvalue weighted by atomic mass is 9.83. The minimum absolute atomic E-state index is 0.273. The average molecular weight is 280 g/mol. The van der Waals surface area contributed by atoms with Crippen molar-refractivity contribution in [1.29, 1.82) is 0 Å². The molecule has 3 unspecified atom stereocenters. The molecule has 0 aromatic carbocycles. The molecule has 2 saturated heterocycles. The Kier molecular flexibility index (Phi) is 4.68. The van der Waals surface area contributed by atoms with E-state index in [1.165, 1.54) is 64.3 Å². The number of nitrogens with two attached hydrogens (primary N) is 1. The second-order valence-electron chi connectivity index (χ2n) is 7.50. The Morgan fingerprint density at radius 3 is 2.65 bits per heavy atom. The fraction of sp³-hybridized carbons (Fsp3) is 1.00. The van der Waals surface area contributed by atoms with E-state index in [-0.39, 0.29) is 5.60 Å². The summed E-state index contributed by atoms with van der Waals surface area (Å²) in [6.07, 6.45) is 12.5. The van der Waals surface area contributed by atoms with Gasteiger partial charge >= 0.3 is 0 Å². The maximum absolute atomic E-state index is 6.54. The molecule has 3 nitrogen and oxygen atoms in total. The molecule has 3 aliphatic rings. The Labute approximate surface area is 124 Å². The normalized spacial score (nSPS) is 38.4. The van der Waals surface area contributed by atoms with Gasteiger partial charge in [0.15, 0.2) is 0 Å². The van der Waals surface area contributed by atoms with Gasteiger partial charge < -0.3 is 10.5 Å². The summed E-state index contributed by atoms with van der Waals surface area (Å²) in [5.74, 6) is 0.705. The van der Waals surface area contributed by atoms with E-state index in [0.717, 1.165) is 13.1 Å². The standard InChI is InChI=1S/C17H32N2O/c1-14-5-6-15(11-18)12-19(14)13-16-7-10-17(20-16)8-3-2-4-9-17/h14-16H,2-13,18H2,1H3. The Hall–Kier alpha value is -0.120. The van der Waals surface area contributed by atoms with Crippen LogP contribution in [0, 0.1) is 5.92 Å². The van der Waals surface area contributed by atoms with Gasteiger partial charge in [0.1, 0.15) is 0 Å². The first-order chi connectivity index (χ1) is 9.71. The highest BCUT2D eigenvalue weighted by Gasteiger charge is 2.41. The van der Waals surface area contributed by atoms with Crippen molar-refractivity contribution in [2.45, 2.75) is 82.5 Å². The second kappa shape index (κ2) is 6.33. The van der Waals surface area contributed by atoms with Gasteiger partial charge in [-0.1, -0.05) is 19.3 Å². The van der Waals surface area contributed by atoms with Crippen LogP contribution in [0.15, 0.2) is 0 Å². The minimum Gasteiger partial charge on any atom is -0.370 e. The summed E-state index contributed by atoms with van der Waals surface area (Å²) in [4.78, 5) is 2.65. The quantitative estimate of drug-likeness (QED) is 0.864. The summed E-state index contributed by atoms with van der Waals surface area (Å²) in [5, 5.41) is 0. The predicted molar refractivity (Wildman–Crippen MR) is 82.7 cm³/mol. The second-order valence-corrected chi connectivity index (χ2v) is 7.50. The summed E-state index contributed by atoms with van der Waals surface area (Å²) < 4.78 is 6.54. The zero-order valence-electron chi connectivity index (χ0n) is 13.2. The third kappa shape index (κ3) is 3.20. The molecule has 1 spiro atoms. The van der Waals surface area contributed by atoms with E-state index < -0.39 is 0 Å². The summed E-state index contributed by atoms with van der Waals surface area (Å²) in [6, 6.07) is 0.712. The Bertz CT molecular complexity index is 314. The molecule has 0 amide bonds. The van der Waals surface area contributed by atoms with Gasteiger partial charge in [-0.2, -0.15) is 0 Å². The number of piperidine rings is 1. The van der Waals surface area contributed by atoms with E-state index in [4.69, 9.17) is 10.5 Å². The number of rotatable bonds is 3. The smallest absolute Gasteiger partial charge is 0.0710 e. The molecule has 1 saturated carbocycles. The van der Waals surface area contributed by atoms with Crippen molar-refractivity contribution in [2.24, 2.45) is 11.7 Å². The highest BCUT2D eigenvalue weighted by atomic mass is 16.5. The topological polar surface area (TPSA) is 38.5 Å². The van der Waals surface area contributed by atoms with E-state index >= 15 is 0 Å². The number of nitrogens with zero attached hydrogens (tertiary/aromatic N) is 1. The Balaban J connectivity index is 1.53. The lowest BCUT2D eigenvalue weighted by Crippen LogP contribution is -2.47. The van der Waals surface area contributed by atoms with Gasteiger partial charge in [-0.3, -0.25) is 4.90 Å². The lowest BCUT2D eigenvalue weighted by molar-refractivity contribution is -0.0777. The first-order valence-corrected chi connectivity index (χ1v) is 8.83. The Morgan fingerprint density at radius 2 is 1.90 bits per heavy atom. The molecule has 3 rings (SSSR count). The van der Waals surface area contributed by atoms with Crippen LogP contribution in [0.5, 0.6) is 0 Å². The van der Waals surface area contributed by atoms with Gasteiger partial charge in [-0.05, 0) is 57.9 Å². The molecule has 1 aliphatic carbocycles. The zero-order chi connectivity index (χ0) is 14.0. The third-order valence-electron chi connectivity index (χ3n) is 5.98. The van der Waals surface area contributed by atoms with Gasteiger partial charge in [-0.25, -0.2) is 0 Å². The number of ether oxygens (including phenoxy) is 1. The van der Waals surface area contributed by atoms with Crippen molar-refractivity contribution in [3.8, 4) is 0 Å². The van der Waals surface area contributed by atoms with E-state index in [1.54, 1.807) is 0 Å². The first kappa shape index (κ1) is 14.8. The molecule has 3 fully saturated rings. The molecule has 3 atom stereocenters. The SMILES string of the molecule is CC1CCC(CN)CN1CC1CCC2(CCCCC2)O1. The van der Waals surface area contributed by atoms with Crippen LogP contribution >= 0.6 is 0 Å². The van der Waals surface area contributed by atoms with E-state index in [2.05, 4.69) is 11.8 Å². The van der Waals surface area contributed by atoms with Crippen molar-refractivity contribution in [3.63, 3.8) is 0 Å².